The molecule has 0 saturated carbocycles. The van der Waals surface area contributed by atoms with Gasteiger partial charge in [0.1, 0.15) is 0 Å². The summed E-state index contributed by atoms with van der Waals surface area (Å²) >= 11 is 0. The van der Waals surface area contributed by atoms with Crippen LogP contribution in [0.5, 0.6) is 0 Å². The van der Waals surface area contributed by atoms with Gasteiger partial charge in [-0.25, -0.2) is 13.8 Å². The Hall–Kier alpha value is -3.29. The van der Waals surface area contributed by atoms with Crippen molar-refractivity contribution >= 4 is 17.8 Å². The maximum atomic E-state index is 14.5. The summed E-state index contributed by atoms with van der Waals surface area (Å²) in [4.78, 5) is 31.0. The molecule has 1 aliphatic heterocycles. The number of halogens is 2. The molecule has 0 aliphatic carbocycles. The molecule has 2 aromatic rings. The molecule has 2 unspecified atom stereocenters. The zero-order valence-corrected chi connectivity index (χ0v) is 18.7. The van der Waals surface area contributed by atoms with E-state index >= 15 is 0 Å². The van der Waals surface area contributed by atoms with Gasteiger partial charge < -0.3 is 11.1 Å². The monoisotopic (exact) mass is 442 g/mol. The lowest BCUT2D eigenvalue weighted by molar-refractivity contribution is -0.130. The molecular formula is C24H28F2N4O2. The lowest BCUT2D eigenvalue weighted by Gasteiger charge is -2.37. The largest absolute Gasteiger partial charge is 0.369 e. The van der Waals surface area contributed by atoms with Crippen LogP contribution in [0, 0.1) is 17.6 Å². The van der Waals surface area contributed by atoms with Crippen LogP contribution in [0.1, 0.15) is 61.6 Å². The predicted molar refractivity (Wildman–Crippen MR) is 119 cm³/mol. The van der Waals surface area contributed by atoms with E-state index in [4.69, 9.17) is 5.73 Å². The Morgan fingerprint density at radius 3 is 2.47 bits per heavy atom. The number of carbonyl (C=O) groups excluding carboxylic acids is 2. The third-order valence-electron chi connectivity index (χ3n) is 6.04. The average molecular weight is 443 g/mol. The van der Waals surface area contributed by atoms with Crippen molar-refractivity contribution in [3.05, 3.63) is 70.8 Å². The minimum absolute atomic E-state index is 0.0475. The van der Waals surface area contributed by atoms with Gasteiger partial charge >= 0.3 is 0 Å². The first kappa shape index (κ1) is 23.4. The molecule has 0 bridgehead atoms. The van der Waals surface area contributed by atoms with E-state index < -0.39 is 23.1 Å². The van der Waals surface area contributed by atoms with Crippen LogP contribution in [0.4, 0.5) is 8.78 Å². The smallest absolute Gasteiger partial charge is 0.251 e. The molecule has 2 aromatic carbocycles. The summed E-state index contributed by atoms with van der Waals surface area (Å²) in [5.41, 5.74) is 6.03. The molecule has 32 heavy (non-hydrogen) atoms. The van der Waals surface area contributed by atoms with E-state index in [0.717, 1.165) is 16.5 Å². The van der Waals surface area contributed by atoms with Gasteiger partial charge in [-0.1, -0.05) is 44.2 Å². The number of amides is 2. The van der Waals surface area contributed by atoms with E-state index in [9.17, 15) is 18.4 Å². The first-order chi connectivity index (χ1) is 15.0. The predicted octanol–water partition coefficient (Wildman–Crippen LogP) is 3.92. The number of rotatable bonds is 6. The fourth-order valence-corrected chi connectivity index (χ4v) is 3.56. The standard InChI is InChI=1S/C24H28F2N4O2/c1-14(2)24(4)12-20(31)30(23(27)29-24)13-18-10-17(11-19(25)21(18)26)22(32)28-15(3)16-8-6-5-7-9-16/h5-11,14-15H,12-13H2,1-4H3,(H2,27,29)(H,28,32). The van der Waals surface area contributed by atoms with Crippen molar-refractivity contribution in [2.24, 2.45) is 16.6 Å². The van der Waals surface area contributed by atoms with Gasteiger partial charge in [0.05, 0.1) is 24.5 Å². The number of benzene rings is 2. The molecule has 6 nitrogen and oxygen atoms in total. The topological polar surface area (TPSA) is 87.8 Å². The van der Waals surface area contributed by atoms with Gasteiger partial charge in [0.15, 0.2) is 17.6 Å². The highest BCUT2D eigenvalue weighted by molar-refractivity contribution is 5.99. The average Bonchev–Trinajstić information content (AvgIpc) is 2.73. The van der Waals surface area contributed by atoms with Crippen LogP contribution < -0.4 is 11.1 Å². The molecule has 0 aromatic heterocycles. The van der Waals surface area contributed by atoms with Crippen LogP contribution in [-0.4, -0.2) is 28.2 Å². The van der Waals surface area contributed by atoms with E-state index in [0.29, 0.717) is 0 Å². The highest BCUT2D eigenvalue weighted by atomic mass is 19.2. The van der Waals surface area contributed by atoms with Crippen LogP contribution >= 0.6 is 0 Å². The Bertz CT molecular complexity index is 1060. The van der Waals surface area contributed by atoms with Crippen LogP contribution in [-0.2, 0) is 11.3 Å². The van der Waals surface area contributed by atoms with Crippen LogP contribution in [0.15, 0.2) is 47.5 Å². The van der Waals surface area contributed by atoms with Gasteiger partial charge in [-0.15, -0.1) is 0 Å². The van der Waals surface area contributed by atoms with Gasteiger partial charge in [0, 0.05) is 11.1 Å². The Kier molecular flexibility index (Phi) is 6.62. The van der Waals surface area contributed by atoms with Gasteiger partial charge in [-0.2, -0.15) is 0 Å². The first-order valence-electron chi connectivity index (χ1n) is 10.5. The fourth-order valence-electron chi connectivity index (χ4n) is 3.56. The molecule has 1 aliphatic rings. The lowest BCUT2D eigenvalue weighted by Crippen LogP contribution is -2.51. The van der Waals surface area contributed by atoms with E-state index in [2.05, 4.69) is 10.3 Å². The summed E-state index contributed by atoms with van der Waals surface area (Å²) < 4.78 is 28.9. The van der Waals surface area contributed by atoms with E-state index in [-0.39, 0.29) is 47.9 Å². The molecule has 8 heteroatoms. The van der Waals surface area contributed by atoms with E-state index in [1.165, 1.54) is 6.07 Å². The number of nitrogens with one attached hydrogen (secondary N) is 1. The van der Waals surface area contributed by atoms with Gasteiger partial charge in [-0.05, 0) is 37.5 Å². The van der Waals surface area contributed by atoms with Crippen molar-refractivity contribution < 1.29 is 18.4 Å². The van der Waals surface area contributed by atoms with Crippen molar-refractivity contribution in [2.75, 3.05) is 0 Å². The molecule has 1 heterocycles. The zero-order valence-electron chi connectivity index (χ0n) is 18.7. The van der Waals surface area contributed by atoms with Crippen LogP contribution in [0.25, 0.3) is 0 Å². The van der Waals surface area contributed by atoms with E-state index in [1.54, 1.807) is 6.92 Å². The van der Waals surface area contributed by atoms with Crippen molar-refractivity contribution in [1.29, 1.82) is 0 Å². The maximum absolute atomic E-state index is 14.5. The fraction of sp³-hybridized carbons (Fsp3) is 0.375. The summed E-state index contributed by atoms with van der Waals surface area (Å²) in [6.45, 7) is 7.18. The van der Waals surface area contributed by atoms with Crippen molar-refractivity contribution in [3.63, 3.8) is 0 Å². The minimum Gasteiger partial charge on any atom is -0.369 e. The van der Waals surface area contributed by atoms with Gasteiger partial charge in [0.2, 0.25) is 5.91 Å². The summed E-state index contributed by atoms with van der Waals surface area (Å²) in [5, 5.41) is 2.77. The third kappa shape index (κ3) is 4.79. The number of hydrogen-bond donors (Lipinski definition) is 2. The Labute approximate surface area is 186 Å². The molecule has 3 N–H and O–H groups in total. The second kappa shape index (κ2) is 9.06. The van der Waals surface area contributed by atoms with Crippen LogP contribution in [0.2, 0.25) is 0 Å². The number of nitrogens with two attached hydrogens (primary N) is 1. The SMILES string of the molecule is CC(NC(=O)c1cc(F)c(F)c(CN2C(=O)CC(C)(C(C)C)N=C2N)c1)c1ccccc1. The zero-order chi connectivity index (χ0) is 23.6. The quantitative estimate of drug-likeness (QED) is 0.711. The summed E-state index contributed by atoms with van der Waals surface area (Å²) in [7, 11) is 0. The number of carbonyl (C=O) groups is 2. The second-order valence-corrected chi connectivity index (χ2v) is 8.68. The van der Waals surface area contributed by atoms with Crippen LogP contribution in [0.3, 0.4) is 0 Å². The molecule has 2 amide bonds. The van der Waals surface area contributed by atoms with E-state index in [1.807, 2.05) is 51.1 Å². The Balaban J connectivity index is 1.84. The number of hydrogen-bond acceptors (Lipinski definition) is 4. The first-order valence-corrected chi connectivity index (χ1v) is 10.5. The molecule has 0 radical (unpaired) electrons. The maximum Gasteiger partial charge on any atom is 0.251 e. The van der Waals surface area contributed by atoms with Crippen molar-refractivity contribution in [3.8, 4) is 0 Å². The number of aliphatic imine (C=N–C) groups is 1. The molecule has 3 rings (SSSR count). The third-order valence-corrected chi connectivity index (χ3v) is 6.04. The van der Waals surface area contributed by atoms with Gasteiger partial charge in [-0.3, -0.25) is 14.5 Å². The van der Waals surface area contributed by atoms with Crippen molar-refractivity contribution in [2.45, 2.75) is 52.2 Å². The molecule has 2 atom stereocenters. The highest BCUT2D eigenvalue weighted by Gasteiger charge is 2.38. The Morgan fingerprint density at radius 2 is 1.88 bits per heavy atom. The number of nitrogens with zero attached hydrogens (tertiary/aromatic N) is 2. The lowest BCUT2D eigenvalue weighted by atomic mass is 9.84. The molecular weight excluding hydrogens is 414 g/mol. The number of guanidine groups is 1. The molecule has 170 valence electrons. The molecule has 0 saturated heterocycles. The van der Waals surface area contributed by atoms with Gasteiger partial charge in [0.25, 0.3) is 5.91 Å². The Morgan fingerprint density at radius 1 is 1.22 bits per heavy atom. The summed E-state index contributed by atoms with van der Waals surface area (Å²) in [6, 6.07) is 11.0. The summed E-state index contributed by atoms with van der Waals surface area (Å²) in [5.74, 6) is -3.17. The summed E-state index contributed by atoms with van der Waals surface area (Å²) in [6.07, 6.45) is 0.101. The van der Waals surface area contributed by atoms with Crippen molar-refractivity contribution in [1.82, 2.24) is 10.2 Å². The minimum atomic E-state index is -1.17. The second-order valence-electron chi connectivity index (χ2n) is 8.68. The highest BCUT2D eigenvalue weighted by Crippen LogP contribution is 2.30. The molecule has 0 fully saturated rings. The normalized spacial score (nSPS) is 19.7. The molecule has 0 spiro atoms.